The van der Waals surface area contributed by atoms with Gasteiger partial charge in [-0.05, 0) is 39.3 Å². The Kier molecular flexibility index (Phi) is 5.83. The van der Waals surface area contributed by atoms with E-state index in [-0.39, 0.29) is 0 Å². The van der Waals surface area contributed by atoms with E-state index >= 15 is 0 Å². The molecule has 3 nitrogen and oxygen atoms in total. The number of piperidine rings is 1. The highest BCUT2D eigenvalue weighted by Gasteiger charge is 2.20. The van der Waals surface area contributed by atoms with Gasteiger partial charge in [0, 0.05) is 17.8 Å². The second-order valence-electron chi connectivity index (χ2n) is 5.58. The lowest BCUT2D eigenvalue weighted by Gasteiger charge is -2.29. The molecular weight excluding hydrogens is 242 g/mol. The maximum Gasteiger partial charge on any atom is 0.157 e. The maximum atomic E-state index is 4.62. The van der Waals surface area contributed by atoms with E-state index in [9.17, 15) is 0 Å². The van der Waals surface area contributed by atoms with Crippen LogP contribution in [0.1, 0.15) is 46.0 Å². The van der Waals surface area contributed by atoms with Crippen LogP contribution >= 0.6 is 11.8 Å². The third-order valence-electron chi connectivity index (χ3n) is 3.68. The van der Waals surface area contributed by atoms with Crippen molar-refractivity contribution in [3.63, 3.8) is 0 Å². The minimum Gasteiger partial charge on any atom is -0.361 e. The maximum absolute atomic E-state index is 4.62. The minimum absolute atomic E-state index is 0.523. The normalized spacial score (nSPS) is 27.0. The van der Waals surface area contributed by atoms with E-state index in [2.05, 4.69) is 29.1 Å². The summed E-state index contributed by atoms with van der Waals surface area (Å²) in [6.07, 6.45) is 6.73. The van der Waals surface area contributed by atoms with Crippen LogP contribution in [0.15, 0.2) is 4.99 Å². The van der Waals surface area contributed by atoms with E-state index in [1.807, 2.05) is 11.8 Å². The number of aliphatic imine (C=N–C) groups is 1. The van der Waals surface area contributed by atoms with Gasteiger partial charge in [0.25, 0.3) is 0 Å². The Bertz CT molecular complexity index is 274. The van der Waals surface area contributed by atoms with Crippen LogP contribution in [-0.4, -0.2) is 47.5 Å². The second kappa shape index (κ2) is 7.39. The fourth-order valence-corrected chi connectivity index (χ4v) is 3.99. The molecule has 0 aliphatic carbocycles. The van der Waals surface area contributed by atoms with Crippen molar-refractivity contribution in [2.75, 3.05) is 26.2 Å². The highest BCUT2D eigenvalue weighted by atomic mass is 32.2. The van der Waals surface area contributed by atoms with Crippen molar-refractivity contribution in [2.24, 2.45) is 4.99 Å². The number of amidine groups is 1. The molecular formula is C14H27N3S. The van der Waals surface area contributed by atoms with Crippen LogP contribution in [0.2, 0.25) is 0 Å². The molecule has 2 atom stereocenters. The van der Waals surface area contributed by atoms with Crippen LogP contribution in [0.4, 0.5) is 0 Å². The Morgan fingerprint density at radius 2 is 2.17 bits per heavy atom. The van der Waals surface area contributed by atoms with Gasteiger partial charge in [0.2, 0.25) is 0 Å². The van der Waals surface area contributed by atoms with Crippen molar-refractivity contribution in [3.8, 4) is 0 Å². The van der Waals surface area contributed by atoms with Gasteiger partial charge in [-0.1, -0.05) is 31.5 Å². The van der Waals surface area contributed by atoms with Gasteiger partial charge in [0.05, 0.1) is 6.54 Å². The van der Waals surface area contributed by atoms with Gasteiger partial charge in [0.1, 0.15) is 0 Å². The topological polar surface area (TPSA) is 27.6 Å². The predicted octanol–water partition coefficient (Wildman–Crippen LogP) is 2.72. The van der Waals surface area contributed by atoms with Crippen molar-refractivity contribution < 1.29 is 0 Å². The summed E-state index contributed by atoms with van der Waals surface area (Å²) in [5.74, 6) is 0. The first-order chi connectivity index (χ1) is 8.78. The summed E-state index contributed by atoms with van der Waals surface area (Å²) < 4.78 is 0. The van der Waals surface area contributed by atoms with Crippen molar-refractivity contribution in [1.29, 1.82) is 0 Å². The number of nitrogens with one attached hydrogen (secondary N) is 1. The van der Waals surface area contributed by atoms with Gasteiger partial charge < -0.3 is 10.2 Å². The average molecular weight is 269 g/mol. The number of nitrogens with zero attached hydrogens (tertiary/aromatic N) is 2. The van der Waals surface area contributed by atoms with Crippen molar-refractivity contribution in [2.45, 2.75) is 57.2 Å². The number of hydrogen-bond acceptors (Lipinski definition) is 4. The van der Waals surface area contributed by atoms with E-state index in [4.69, 9.17) is 0 Å². The zero-order valence-corrected chi connectivity index (χ0v) is 12.6. The van der Waals surface area contributed by atoms with E-state index < -0.39 is 0 Å². The third-order valence-corrected chi connectivity index (χ3v) is 4.87. The third kappa shape index (κ3) is 4.47. The van der Waals surface area contributed by atoms with Gasteiger partial charge in [-0.2, -0.15) is 0 Å². The van der Waals surface area contributed by atoms with Crippen molar-refractivity contribution >= 4 is 16.9 Å². The molecule has 2 heterocycles. The lowest BCUT2D eigenvalue weighted by Crippen LogP contribution is -2.42. The molecule has 104 valence electrons. The smallest absolute Gasteiger partial charge is 0.157 e. The van der Waals surface area contributed by atoms with Crippen LogP contribution in [0.25, 0.3) is 0 Å². The molecule has 2 aliphatic rings. The molecule has 0 bridgehead atoms. The molecule has 1 saturated heterocycles. The second-order valence-corrected chi connectivity index (χ2v) is 6.87. The van der Waals surface area contributed by atoms with Crippen LogP contribution in [0.3, 0.4) is 0 Å². The summed E-state index contributed by atoms with van der Waals surface area (Å²) in [5, 5.41) is 5.49. The molecule has 0 saturated carbocycles. The highest BCUT2D eigenvalue weighted by Crippen LogP contribution is 2.23. The molecule has 1 N–H and O–H groups in total. The first-order valence-electron chi connectivity index (χ1n) is 7.48. The lowest BCUT2D eigenvalue weighted by atomic mass is 10.1. The summed E-state index contributed by atoms with van der Waals surface area (Å²) in [5.41, 5.74) is 0. The van der Waals surface area contributed by atoms with Crippen LogP contribution in [-0.2, 0) is 0 Å². The van der Waals surface area contributed by atoms with Gasteiger partial charge in [-0.25, -0.2) is 0 Å². The van der Waals surface area contributed by atoms with Gasteiger partial charge in [-0.3, -0.25) is 4.99 Å². The molecule has 0 amide bonds. The van der Waals surface area contributed by atoms with Gasteiger partial charge >= 0.3 is 0 Å². The first kappa shape index (κ1) is 14.2. The molecule has 18 heavy (non-hydrogen) atoms. The number of rotatable bonds is 5. The van der Waals surface area contributed by atoms with Crippen molar-refractivity contribution in [1.82, 2.24) is 10.2 Å². The Morgan fingerprint density at radius 3 is 2.89 bits per heavy atom. The minimum atomic E-state index is 0.523. The predicted molar refractivity (Wildman–Crippen MR) is 81.5 cm³/mol. The SMILES string of the molecule is CCCC1CN=C(NC(C)CN2CCCCC2)S1. The Labute approximate surface area is 116 Å². The Morgan fingerprint density at radius 1 is 1.39 bits per heavy atom. The summed E-state index contributed by atoms with van der Waals surface area (Å²) in [6.45, 7) is 9.28. The summed E-state index contributed by atoms with van der Waals surface area (Å²) in [7, 11) is 0. The number of thioether (sulfide) groups is 1. The molecule has 0 radical (unpaired) electrons. The molecule has 4 heteroatoms. The molecule has 2 rings (SSSR count). The van der Waals surface area contributed by atoms with Gasteiger partial charge in [0.15, 0.2) is 5.17 Å². The fraction of sp³-hybridized carbons (Fsp3) is 0.929. The molecule has 0 spiro atoms. The van der Waals surface area contributed by atoms with Gasteiger partial charge in [-0.15, -0.1) is 0 Å². The van der Waals surface area contributed by atoms with Crippen LogP contribution in [0, 0.1) is 0 Å². The van der Waals surface area contributed by atoms with E-state index in [0.717, 1.165) is 18.3 Å². The van der Waals surface area contributed by atoms with E-state index in [1.165, 1.54) is 50.4 Å². The van der Waals surface area contributed by atoms with E-state index in [0.29, 0.717) is 6.04 Å². The fourth-order valence-electron chi connectivity index (χ4n) is 2.75. The zero-order valence-electron chi connectivity index (χ0n) is 11.8. The standard InChI is InChI=1S/C14H27N3S/c1-3-7-13-10-15-14(18-13)16-12(2)11-17-8-5-4-6-9-17/h12-13H,3-11H2,1-2H3,(H,15,16). The Hall–Kier alpha value is -0.220. The van der Waals surface area contributed by atoms with E-state index in [1.54, 1.807) is 0 Å². The number of hydrogen-bond donors (Lipinski definition) is 1. The Balaban J connectivity index is 1.66. The molecule has 0 aromatic rings. The first-order valence-corrected chi connectivity index (χ1v) is 8.36. The molecule has 1 fully saturated rings. The largest absolute Gasteiger partial charge is 0.361 e. The average Bonchev–Trinajstić information content (AvgIpc) is 2.78. The molecule has 0 aromatic carbocycles. The summed E-state index contributed by atoms with van der Waals surface area (Å²) in [4.78, 5) is 7.21. The van der Waals surface area contributed by atoms with Crippen molar-refractivity contribution in [3.05, 3.63) is 0 Å². The molecule has 2 aliphatic heterocycles. The molecule has 2 unspecified atom stereocenters. The van der Waals surface area contributed by atoms with Crippen LogP contribution in [0.5, 0.6) is 0 Å². The number of likely N-dealkylation sites (tertiary alicyclic amines) is 1. The quantitative estimate of drug-likeness (QED) is 0.831. The molecule has 0 aromatic heterocycles. The summed E-state index contributed by atoms with van der Waals surface area (Å²) >= 11 is 1.95. The zero-order chi connectivity index (χ0) is 12.8. The highest BCUT2D eigenvalue weighted by molar-refractivity contribution is 8.14. The summed E-state index contributed by atoms with van der Waals surface area (Å²) in [6, 6.07) is 0.523. The lowest BCUT2D eigenvalue weighted by molar-refractivity contribution is 0.215. The van der Waals surface area contributed by atoms with Crippen LogP contribution < -0.4 is 5.32 Å². The monoisotopic (exact) mass is 269 g/mol.